The van der Waals surface area contributed by atoms with Crippen LogP contribution >= 0.6 is 0 Å². The molecule has 0 atom stereocenters. The van der Waals surface area contributed by atoms with Crippen LogP contribution in [0.2, 0.25) is 0 Å². The molecule has 4 nitrogen and oxygen atoms in total. The summed E-state index contributed by atoms with van der Waals surface area (Å²) in [4.78, 5) is 14.5. The van der Waals surface area contributed by atoms with Crippen molar-refractivity contribution in [3.63, 3.8) is 0 Å². The number of anilines is 2. The summed E-state index contributed by atoms with van der Waals surface area (Å²) in [5.74, 6) is -0.0757. The molecule has 1 fully saturated rings. The van der Waals surface area contributed by atoms with Crippen molar-refractivity contribution in [2.24, 2.45) is 7.05 Å². The van der Waals surface area contributed by atoms with Gasteiger partial charge in [-0.05, 0) is 55.7 Å². The molecule has 1 saturated heterocycles. The Labute approximate surface area is 125 Å². The molecule has 1 amide bonds. The SMILES string of the molecule is Cn1cccc1C(=O)Nc1ccc(N2CCCCC2)cc1. The first-order valence-electron chi connectivity index (χ1n) is 7.52. The summed E-state index contributed by atoms with van der Waals surface area (Å²) in [5.41, 5.74) is 2.74. The van der Waals surface area contributed by atoms with Gasteiger partial charge in [-0.15, -0.1) is 0 Å². The van der Waals surface area contributed by atoms with Crippen LogP contribution in [0, 0.1) is 0 Å². The summed E-state index contributed by atoms with van der Waals surface area (Å²) in [7, 11) is 1.87. The maximum Gasteiger partial charge on any atom is 0.272 e. The zero-order valence-electron chi connectivity index (χ0n) is 12.4. The van der Waals surface area contributed by atoms with Gasteiger partial charge < -0.3 is 14.8 Å². The zero-order chi connectivity index (χ0) is 14.7. The first-order chi connectivity index (χ1) is 10.2. The average Bonchev–Trinajstić information content (AvgIpc) is 2.95. The molecule has 110 valence electrons. The highest BCUT2D eigenvalue weighted by atomic mass is 16.1. The predicted molar refractivity (Wildman–Crippen MR) is 85.9 cm³/mol. The van der Waals surface area contributed by atoms with Gasteiger partial charge in [0.2, 0.25) is 0 Å². The highest BCUT2D eigenvalue weighted by Crippen LogP contribution is 2.22. The number of carbonyl (C=O) groups excluding carboxylic acids is 1. The van der Waals surface area contributed by atoms with Crippen molar-refractivity contribution in [2.45, 2.75) is 19.3 Å². The monoisotopic (exact) mass is 283 g/mol. The van der Waals surface area contributed by atoms with E-state index in [4.69, 9.17) is 0 Å². The van der Waals surface area contributed by atoms with Crippen LogP contribution in [0.5, 0.6) is 0 Å². The molecular formula is C17H21N3O. The highest BCUT2D eigenvalue weighted by molar-refractivity contribution is 6.03. The number of hydrogen-bond donors (Lipinski definition) is 1. The molecule has 0 bridgehead atoms. The second-order valence-electron chi connectivity index (χ2n) is 5.55. The quantitative estimate of drug-likeness (QED) is 0.938. The number of benzene rings is 1. The fraction of sp³-hybridized carbons (Fsp3) is 0.353. The van der Waals surface area contributed by atoms with E-state index in [0.29, 0.717) is 5.69 Å². The molecule has 2 aromatic rings. The Bertz CT molecular complexity index is 609. The van der Waals surface area contributed by atoms with E-state index in [1.807, 2.05) is 42.1 Å². The number of aryl methyl sites for hydroxylation is 1. The topological polar surface area (TPSA) is 37.3 Å². The van der Waals surface area contributed by atoms with Gasteiger partial charge in [0.25, 0.3) is 5.91 Å². The number of amides is 1. The van der Waals surface area contributed by atoms with Gasteiger partial charge in [-0.3, -0.25) is 4.79 Å². The van der Waals surface area contributed by atoms with E-state index in [1.165, 1.54) is 24.9 Å². The number of rotatable bonds is 3. The molecule has 1 aliphatic rings. The minimum atomic E-state index is -0.0757. The van der Waals surface area contributed by atoms with Crippen LogP contribution in [0.4, 0.5) is 11.4 Å². The molecule has 2 heterocycles. The lowest BCUT2D eigenvalue weighted by molar-refractivity contribution is 0.101. The van der Waals surface area contributed by atoms with Crippen LogP contribution < -0.4 is 10.2 Å². The second kappa shape index (κ2) is 6.04. The van der Waals surface area contributed by atoms with Crippen LogP contribution in [0.3, 0.4) is 0 Å². The molecule has 0 saturated carbocycles. The third-order valence-electron chi connectivity index (χ3n) is 4.02. The molecule has 0 radical (unpaired) electrons. The van der Waals surface area contributed by atoms with Gasteiger partial charge in [-0.25, -0.2) is 0 Å². The van der Waals surface area contributed by atoms with Gasteiger partial charge in [0, 0.05) is 37.7 Å². The van der Waals surface area contributed by atoms with Gasteiger partial charge >= 0.3 is 0 Å². The molecule has 4 heteroatoms. The van der Waals surface area contributed by atoms with Crippen molar-refractivity contribution in [1.82, 2.24) is 4.57 Å². The van der Waals surface area contributed by atoms with Crippen LogP contribution in [0.15, 0.2) is 42.6 Å². The van der Waals surface area contributed by atoms with E-state index < -0.39 is 0 Å². The summed E-state index contributed by atoms with van der Waals surface area (Å²) < 4.78 is 1.82. The minimum absolute atomic E-state index is 0.0757. The lowest BCUT2D eigenvalue weighted by Crippen LogP contribution is -2.29. The lowest BCUT2D eigenvalue weighted by Gasteiger charge is -2.28. The molecular weight excluding hydrogens is 262 g/mol. The van der Waals surface area contributed by atoms with E-state index in [1.54, 1.807) is 0 Å². The molecule has 0 aliphatic carbocycles. The summed E-state index contributed by atoms with van der Waals surface area (Å²) in [6.45, 7) is 2.27. The Balaban J connectivity index is 1.67. The van der Waals surface area contributed by atoms with E-state index in [-0.39, 0.29) is 5.91 Å². The first-order valence-corrected chi connectivity index (χ1v) is 7.52. The minimum Gasteiger partial charge on any atom is -0.372 e. The maximum absolute atomic E-state index is 12.1. The summed E-state index contributed by atoms with van der Waals surface area (Å²) in [5, 5.41) is 2.94. The van der Waals surface area contributed by atoms with E-state index in [9.17, 15) is 4.79 Å². The van der Waals surface area contributed by atoms with Crippen molar-refractivity contribution in [3.8, 4) is 0 Å². The van der Waals surface area contributed by atoms with Crippen molar-refractivity contribution < 1.29 is 4.79 Å². The Kier molecular flexibility index (Phi) is 3.95. The molecule has 1 aromatic carbocycles. The van der Waals surface area contributed by atoms with E-state index in [2.05, 4.69) is 22.3 Å². The standard InChI is InChI=1S/C17H21N3O/c1-19-11-5-6-16(19)17(21)18-14-7-9-15(10-8-14)20-12-3-2-4-13-20/h5-11H,2-4,12-13H2,1H3,(H,18,21). The number of carbonyl (C=O) groups is 1. The molecule has 21 heavy (non-hydrogen) atoms. The summed E-state index contributed by atoms with van der Waals surface area (Å²) in [6, 6.07) is 11.8. The second-order valence-corrected chi connectivity index (χ2v) is 5.55. The first kappa shape index (κ1) is 13.7. The van der Waals surface area contributed by atoms with Gasteiger partial charge in [0.1, 0.15) is 5.69 Å². The van der Waals surface area contributed by atoms with Gasteiger partial charge in [-0.2, -0.15) is 0 Å². The fourth-order valence-corrected chi connectivity index (χ4v) is 2.80. The van der Waals surface area contributed by atoms with Crippen molar-refractivity contribution in [2.75, 3.05) is 23.3 Å². The summed E-state index contributed by atoms with van der Waals surface area (Å²) in [6.07, 6.45) is 5.74. The Morgan fingerprint density at radius 3 is 2.38 bits per heavy atom. The molecule has 1 N–H and O–H groups in total. The van der Waals surface area contributed by atoms with E-state index >= 15 is 0 Å². The van der Waals surface area contributed by atoms with Crippen LogP contribution in [0.1, 0.15) is 29.8 Å². The van der Waals surface area contributed by atoms with Gasteiger partial charge in [0.15, 0.2) is 0 Å². The molecule has 1 aliphatic heterocycles. The number of nitrogens with one attached hydrogen (secondary N) is 1. The number of piperidine rings is 1. The average molecular weight is 283 g/mol. The van der Waals surface area contributed by atoms with Crippen molar-refractivity contribution in [3.05, 3.63) is 48.3 Å². The normalized spacial score (nSPS) is 15.0. The molecule has 1 aromatic heterocycles. The number of hydrogen-bond acceptors (Lipinski definition) is 2. The van der Waals surface area contributed by atoms with E-state index in [0.717, 1.165) is 18.8 Å². The summed E-state index contributed by atoms with van der Waals surface area (Å²) >= 11 is 0. The molecule has 0 unspecified atom stereocenters. The predicted octanol–water partition coefficient (Wildman–Crippen LogP) is 3.27. The molecule has 3 rings (SSSR count). The van der Waals surface area contributed by atoms with Crippen molar-refractivity contribution in [1.29, 1.82) is 0 Å². The highest BCUT2D eigenvalue weighted by Gasteiger charge is 2.12. The van der Waals surface area contributed by atoms with Crippen molar-refractivity contribution >= 4 is 17.3 Å². The molecule has 0 spiro atoms. The Morgan fingerprint density at radius 2 is 1.76 bits per heavy atom. The zero-order valence-corrected chi connectivity index (χ0v) is 12.4. The van der Waals surface area contributed by atoms with Crippen LogP contribution in [0.25, 0.3) is 0 Å². The smallest absolute Gasteiger partial charge is 0.272 e. The van der Waals surface area contributed by atoms with Crippen LogP contribution in [-0.4, -0.2) is 23.6 Å². The lowest BCUT2D eigenvalue weighted by atomic mass is 10.1. The largest absolute Gasteiger partial charge is 0.372 e. The van der Waals surface area contributed by atoms with Crippen LogP contribution in [-0.2, 0) is 7.05 Å². The third-order valence-corrected chi connectivity index (χ3v) is 4.02. The number of aromatic nitrogens is 1. The maximum atomic E-state index is 12.1. The Morgan fingerprint density at radius 1 is 1.05 bits per heavy atom. The van der Waals surface area contributed by atoms with Gasteiger partial charge in [-0.1, -0.05) is 0 Å². The third kappa shape index (κ3) is 3.10. The Hall–Kier alpha value is -2.23. The number of nitrogens with zero attached hydrogens (tertiary/aromatic N) is 2. The fourth-order valence-electron chi connectivity index (χ4n) is 2.80. The van der Waals surface area contributed by atoms with Gasteiger partial charge in [0.05, 0.1) is 0 Å².